The zero-order valence-corrected chi connectivity index (χ0v) is 14.7. The van der Waals surface area contributed by atoms with Crippen molar-refractivity contribution >= 4 is 35.1 Å². The maximum absolute atomic E-state index is 12.9. The van der Waals surface area contributed by atoms with Gasteiger partial charge in [-0.2, -0.15) is 5.26 Å². The molecule has 1 atom stereocenters. The molecule has 1 heterocycles. The van der Waals surface area contributed by atoms with Crippen LogP contribution in [-0.2, 0) is 16.9 Å². The van der Waals surface area contributed by atoms with Crippen molar-refractivity contribution in [3.8, 4) is 6.07 Å². The van der Waals surface area contributed by atoms with Crippen molar-refractivity contribution in [1.82, 2.24) is 10.2 Å². The fraction of sp³-hybridized carbons (Fsp3) is 0.167. The van der Waals surface area contributed by atoms with E-state index < -0.39 is 17.5 Å². The Balaban J connectivity index is 1.96. The highest BCUT2D eigenvalue weighted by Gasteiger charge is 2.49. The first kappa shape index (κ1) is 17.3. The second-order valence-corrected chi connectivity index (χ2v) is 6.68. The van der Waals surface area contributed by atoms with E-state index in [4.69, 9.17) is 23.2 Å². The Labute approximate surface area is 154 Å². The lowest BCUT2D eigenvalue weighted by atomic mass is 9.92. The van der Waals surface area contributed by atoms with E-state index >= 15 is 0 Å². The molecule has 3 amide bonds. The van der Waals surface area contributed by atoms with Crippen molar-refractivity contribution in [1.29, 1.82) is 5.26 Å². The Morgan fingerprint density at radius 3 is 2.60 bits per heavy atom. The third-order valence-electron chi connectivity index (χ3n) is 4.21. The number of nitriles is 1. The van der Waals surface area contributed by atoms with Crippen LogP contribution < -0.4 is 5.32 Å². The molecule has 0 radical (unpaired) electrons. The van der Waals surface area contributed by atoms with Crippen LogP contribution in [0.5, 0.6) is 0 Å². The van der Waals surface area contributed by atoms with Crippen LogP contribution in [0.15, 0.2) is 42.5 Å². The molecule has 5 nitrogen and oxygen atoms in total. The van der Waals surface area contributed by atoms with Crippen LogP contribution in [-0.4, -0.2) is 16.8 Å². The molecule has 1 N–H and O–H groups in total. The van der Waals surface area contributed by atoms with Gasteiger partial charge in [0.05, 0.1) is 18.2 Å². The Morgan fingerprint density at radius 2 is 1.92 bits per heavy atom. The SMILES string of the molecule is C[C@@]1(c2ccc(Cl)cc2Cl)NC(=O)N(Cc2ccccc2C#N)C1=O. The minimum atomic E-state index is -1.29. The maximum atomic E-state index is 12.9. The lowest BCUT2D eigenvalue weighted by Gasteiger charge is -2.23. The summed E-state index contributed by atoms with van der Waals surface area (Å²) in [5.41, 5.74) is 0.189. The van der Waals surface area contributed by atoms with E-state index in [1.165, 1.54) is 6.07 Å². The van der Waals surface area contributed by atoms with Gasteiger partial charge in [-0.1, -0.05) is 47.5 Å². The number of hydrogen-bond donors (Lipinski definition) is 1. The summed E-state index contributed by atoms with van der Waals surface area (Å²) in [4.78, 5) is 26.4. The normalized spacial score (nSPS) is 19.7. The molecule has 3 rings (SSSR count). The number of amides is 3. The Kier molecular flexibility index (Phi) is 4.42. The molecule has 7 heteroatoms. The molecule has 1 aliphatic heterocycles. The van der Waals surface area contributed by atoms with Gasteiger partial charge in [-0.3, -0.25) is 9.69 Å². The molecule has 1 aliphatic rings. The van der Waals surface area contributed by atoms with Crippen LogP contribution in [0.25, 0.3) is 0 Å². The van der Waals surface area contributed by atoms with Crippen molar-refractivity contribution in [3.63, 3.8) is 0 Å². The van der Waals surface area contributed by atoms with E-state index in [2.05, 4.69) is 11.4 Å². The summed E-state index contributed by atoms with van der Waals surface area (Å²) < 4.78 is 0. The van der Waals surface area contributed by atoms with Gasteiger partial charge in [-0.25, -0.2) is 4.79 Å². The number of halogens is 2. The number of hydrogen-bond acceptors (Lipinski definition) is 3. The van der Waals surface area contributed by atoms with Crippen molar-refractivity contribution in [2.45, 2.75) is 19.0 Å². The quantitative estimate of drug-likeness (QED) is 0.830. The molecular formula is C18H13Cl2N3O2. The van der Waals surface area contributed by atoms with E-state index in [9.17, 15) is 14.9 Å². The standard InChI is InChI=1S/C18H13Cl2N3O2/c1-18(14-7-6-13(19)8-15(14)20)16(24)23(17(25)22-18)10-12-5-3-2-4-11(12)9-21/h2-8H,10H2,1H3,(H,22,25)/t18-/m0/s1. The van der Waals surface area contributed by atoms with Gasteiger partial charge >= 0.3 is 6.03 Å². The summed E-state index contributed by atoms with van der Waals surface area (Å²) in [7, 11) is 0. The molecule has 126 valence electrons. The summed E-state index contributed by atoms with van der Waals surface area (Å²) in [5, 5.41) is 12.6. The molecule has 0 aliphatic carbocycles. The summed E-state index contributed by atoms with van der Waals surface area (Å²) in [6.07, 6.45) is 0. The topological polar surface area (TPSA) is 73.2 Å². The van der Waals surface area contributed by atoms with Crippen molar-refractivity contribution in [3.05, 3.63) is 69.2 Å². The molecule has 0 saturated carbocycles. The fourth-order valence-corrected chi connectivity index (χ4v) is 3.45. The van der Waals surface area contributed by atoms with Crippen molar-refractivity contribution in [2.75, 3.05) is 0 Å². The van der Waals surface area contributed by atoms with Crippen LogP contribution in [0, 0.1) is 11.3 Å². The molecule has 2 aromatic rings. The van der Waals surface area contributed by atoms with Crippen LogP contribution in [0.4, 0.5) is 4.79 Å². The van der Waals surface area contributed by atoms with Gasteiger partial charge in [0.25, 0.3) is 5.91 Å². The number of carbonyl (C=O) groups excluding carboxylic acids is 2. The summed E-state index contributed by atoms with van der Waals surface area (Å²) in [6.45, 7) is 1.60. The van der Waals surface area contributed by atoms with Gasteiger partial charge in [0, 0.05) is 15.6 Å². The zero-order chi connectivity index (χ0) is 18.2. The molecule has 2 aromatic carbocycles. The van der Waals surface area contributed by atoms with Gasteiger partial charge < -0.3 is 5.32 Å². The largest absolute Gasteiger partial charge is 0.325 e. The van der Waals surface area contributed by atoms with E-state index in [1.54, 1.807) is 43.3 Å². The van der Waals surface area contributed by atoms with Gasteiger partial charge in [0.2, 0.25) is 0 Å². The van der Waals surface area contributed by atoms with Crippen molar-refractivity contribution in [2.24, 2.45) is 0 Å². The maximum Gasteiger partial charge on any atom is 0.325 e. The molecule has 0 aromatic heterocycles. The number of benzene rings is 2. The number of nitrogens with zero attached hydrogens (tertiary/aromatic N) is 2. The highest BCUT2D eigenvalue weighted by Crippen LogP contribution is 2.35. The average molecular weight is 374 g/mol. The third kappa shape index (κ3) is 2.95. The highest BCUT2D eigenvalue weighted by atomic mass is 35.5. The smallest absolute Gasteiger partial charge is 0.319 e. The first-order valence-electron chi connectivity index (χ1n) is 7.44. The first-order chi connectivity index (χ1) is 11.9. The second-order valence-electron chi connectivity index (χ2n) is 5.84. The number of carbonyl (C=O) groups is 2. The van der Waals surface area contributed by atoms with Crippen LogP contribution in [0.3, 0.4) is 0 Å². The predicted molar refractivity (Wildman–Crippen MR) is 94.1 cm³/mol. The van der Waals surface area contributed by atoms with E-state index in [-0.39, 0.29) is 6.54 Å². The molecule has 1 fully saturated rings. The second kappa shape index (κ2) is 6.40. The van der Waals surface area contributed by atoms with Crippen LogP contribution in [0.1, 0.15) is 23.6 Å². The minimum Gasteiger partial charge on any atom is -0.319 e. The molecule has 25 heavy (non-hydrogen) atoms. The summed E-state index contributed by atoms with van der Waals surface area (Å²) in [6, 6.07) is 13.1. The number of nitrogens with one attached hydrogen (secondary N) is 1. The molecule has 0 spiro atoms. The Morgan fingerprint density at radius 1 is 1.20 bits per heavy atom. The summed E-state index contributed by atoms with van der Waals surface area (Å²) in [5.74, 6) is -0.436. The lowest BCUT2D eigenvalue weighted by molar-refractivity contribution is -0.131. The monoisotopic (exact) mass is 373 g/mol. The molecular weight excluding hydrogens is 361 g/mol. The number of urea groups is 1. The highest BCUT2D eigenvalue weighted by molar-refractivity contribution is 6.35. The van der Waals surface area contributed by atoms with E-state index in [0.717, 1.165) is 4.90 Å². The molecule has 0 unspecified atom stereocenters. The van der Waals surface area contributed by atoms with Gasteiger partial charge in [0.1, 0.15) is 5.54 Å². The fourth-order valence-electron chi connectivity index (χ4n) is 2.86. The predicted octanol–water partition coefficient (Wildman–Crippen LogP) is 3.83. The average Bonchev–Trinajstić information content (AvgIpc) is 2.79. The lowest BCUT2D eigenvalue weighted by Crippen LogP contribution is -2.41. The third-order valence-corrected chi connectivity index (χ3v) is 4.76. The Bertz CT molecular complexity index is 923. The van der Waals surface area contributed by atoms with Crippen LogP contribution in [0.2, 0.25) is 10.0 Å². The van der Waals surface area contributed by atoms with Gasteiger partial charge in [-0.15, -0.1) is 0 Å². The number of rotatable bonds is 3. The summed E-state index contributed by atoms with van der Waals surface area (Å²) >= 11 is 12.1. The zero-order valence-electron chi connectivity index (χ0n) is 13.2. The Hall–Kier alpha value is -2.55. The van der Waals surface area contributed by atoms with Gasteiger partial charge in [0.15, 0.2) is 0 Å². The first-order valence-corrected chi connectivity index (χ1v) is 8.20. The van der Waals surface area contributed by atoms with E-state index in [1.807, 2.05) is 0 Å². The molecule has 0 bridgehead atoms. The minimum absolute atomic E-state index is 0.00913. The molecule has 1 saturated heterocycles. The number of imide groups is 1. The van der Waals surface area contributed by atoms with E-state index in [0.29, 0.717) is 26.7 Å². The van der Waals surface area contributed by atoms with Crippen LogP contribution >= 0.6 is 23.2 Å². The van der Waals surface area contributed by atoms with Gasteiger partial charge in [-0.05, 0) is 30.7 Å². The van der Waals surface area contributed by atoms with Crippen molar-refractivity contribution < 1.29 is 9.59 Å².